The molecule has 18 heavy (non-hydrogen) atoms. The van der Waals surface area contributed by atoms with Crippen LogP contribution in [0.3, 0.4) is 0 Å². The normalized spacial score (nSPS) is 39.5. The Morgan fingerprint density at radius 1 is 1.44 bits per heavy atom. The van der Waals surface area contributed by atoms with Gasteiger partial charge in [-0.15, -0.1) is 0 Å². The van der Waals surface area contributed by atoms with E-state index in [0.717, 1.165) is 44.3 Å². The zero-order valence-corrected chi connectivity index (χ0v) is 11.4. The van der Waals surface area contributed by atoms with E-state index in [1.165, 1.54) is 0 Å². The first-order valence-electron chi connectivity index (χ1n) is 7.16. The number of hydrogen-bond acceptors (Lipinski definition) is 3. The molecule has 0 aromatic heterocycles. The van der Waals surface area contributed by atoms with E-state index in [0.29, 0.717) is 5.41 Å². The van der Waals surface area contributed by atoms with Crippen LogP contribution in [0.2, 0.25) is 0 Å². The summed E-state index contributed by atoms with van der Waals surface area (Å²) in [6, 6.07) is 0.183. The molecular weight excluding hydrogens is 228 g/mol. The van der Waals surface area contributed by atoms with E-state index in [9.17, 15) is 9.90 Å². The van der Waals surface area contributed by atoms with Crippen molar-refractivity contribution in [3.8, 4) is 0 Å². The minimum atomic E-state index is 0.118. The summed E-state index contributed by atoms with van der Waals surface area (Å²) in [7, 11) is 0. The van der Waals surface area contributed by atoms with Crippen molar-refractivity contribution >= 4 is 5.91 Å². The lowest BCUT2D eigenvalue weighted by atomic mass is 9.97. The topological polar surface area (TPSA) is 52.6 Å². The Morgan fingerprint density at radius 3 is 2.61 bits per heavy atom. The summed E-state index contributed by atoms with van der Waals surface area (Å²) in [6.45, 7) is 7.90. The summed E-state index contributed by atoms with van der Waals surface area (Å²) in [6.07, 6.45) is 1.75. The van der Waals surface area contributed by atoms with E-state index >= 15 is 0 Å². The lowest BCUT2D eigenvalue weighted by molar-refractivity contribution is -0.123. The highest BCUT2D eigenvalue weighted by molar-refractivity contribution is 5.80. The monoisotopic (exact) mass is 252 g/mol. The molecule has 0 radical (unpaired) electrons. The molecule has 1 aliphatic carbocycles. The number of nitrogens with one attached hydrogen (secondary N) is 1. The highest BCUT2D eigenvalue weighted by Gasteiger charge is 2.62. The second kappa shape index (κ2) is 4.20. The molecule has 2 aliphatic heterocycles. The van der Waals surface area contributed by atoms with Gasteiger partial charge >= 0.3 is 0 Å². The first kappa shape index (κ1) is 12.4. The first-order valence-corrected chi connectivity index (χ1v) is 7.16. The maximum Gasteiger partial charge on any atom is 0.223 e. The Hall–Kier alpha value is -0.610. The number of rotatable bonds is 4. The third kappa shape index (κ3) is 1.86. The van der Waals surface area contributed by atoms with Crippen molar-refractivity contribution < 1.29 is 9.90 Å². The smallest absolute Gasteiger partial charge is 0.223 e. The molecule has 2 heterocycles. The summed E-state index contributed by atoms with van der Waals surface area (Å²) >= 11 is 0. The standard InChI is InChI=1S/C14H24N2O2/c1-14(2)11-6-16(7-12(11)14)10(8-17)5-9-3-4-15-13(9)18/h9-12,17H,3-8H2,1-2H3,(H,15,18)/t9-,10-,11?,12?/m0/s1. The van der Waals surface area contributed by atoms with E-state index in [4.69, 9.17) is 0 Å². The third-order valence-electron chi connectivity index (χ3n) is 5.60. The van der Waals surface area contributed by atoms with Crippen LogP contribution in [0, 0.1) is 23.2 Å². The predicted octanol–water partition coefficient (Wildman–Crippen LogP) is 0.461. The van der Waals surface area contributed by atoms with E-state index in [1.54, 1.807) is 0 Å². The van der Waals surface area contributed by atoms with Crippen LogP contribution in [0.1, 0.15) is 26.7 Å². The Bertz CT molecular complexity index is 342. The molecule has 2 N–H and O–H groups in total. The number of piperidine rings is 1. The number of nitrogens with zero attached hydrogens (tertiary/aromatic N) is 1. The number of carbonyl (C=O) groups is 1. The van der Waals surface area contributed by atoms with E-state index in [1.807, 2.05) is 0 Å². The zero-order chi connectivity index (χ0) is 12.9. The van der Waals surface area contributed by atoms with Gasteiger partial charge in [-0.1, -0.05) is 13.8 Å². The molecule has 4 nitrogen and oxygen atoms in total. The average molecular weight is 252 g/mol. The van der Waals surface area contributed by atoms with Gasteiger partial charge in [-0.2, -0.15) is 0 Å². The number of aliphatic hydroxyl groups excluding tert-OH is 1. The van der Waals surface area contributed by atoms with Gasteiger partial charge in [-0.25, -0.2) is 0 Å². The fourth-order valence-corrected chi connectivity index (χ4v) is 4.00. The van der Waals surface area contributed by atoms with Gasteiger partial charge in [-0.05, 0) is 30.1 Å². The zero-order valence-electron chi connectivity index (χ0n) is 11.4. The maximum atomic E-state index is 11.6. The summed E-state index contributed by atoms with van der Waals surface area (Å²) < 4.78 is 0. The molecule has 3 aliphatic rings. The quantitative estimate of drug-likeness (QED) is 0.764. The Labute approximate surface area is 109 Å². The molecule has 0 aromatic carbocycles. The molecule has 0 spiro atoms. The molecule has 1 amide bonds. The Morgan fingerprint density at radius 2 is 2.11 bits per heavy atom. The lowest BCUT2D eigenvalue weighted by Crippen LogP contribution is -2.41. The predicted molar refractivity (Wildman–Crippen MR) is 68.9 cm³/mol. The maximum absolute atomic E-state index is 11.6. The number of carbonyl (C=O) groups excluding carboxylic acids is 1. The molecule has 2 unspecified atom stereocenters. The molecule has 3 fully saturated rings. The number of amides is 1. The number of aliphatic hydroxyl groups is 1. The van der Waals surface area contributed by atoms with Gasteiger partial charge in [-0.3, -0.25) is 9.69 Å². The average Bonchev–Trinajstić information content (AvgIpc) is 2.78. The van der Waals surface area contributed by atoms with Gasteiger partial charge < -0.3 is 10.4 Å². The number of likely N-dealkylation sites (tertiary alicyclic amines) is 1. The minimum Gasteiger partial charge on any atom is -0.395 e. The molecule has 4 heteroatoms. The third-order valence-corrected chi connectivity index (χ3v) is 5.60. The van der Waals surface area contributed by atoms with Crippen LogP contribution in [0.4, 0.5) is 0 Å². The SMILES string of the molecule is CC1(C)C2CN([C@H](CO)C[C@@H]3CCNC3=O)CC21. The highest BCUT2D eigenvalue weighted by Crippen LogP contribution is 2.62. The summed E-state index contributed by atoms with van der Waals surface area (Å²) in [4.78, 5) is 14.0. The van der Waals surface area contributed by atoms with Crippen LogP contribution >= 0.6 is 0 Å². The number of hydrogen-bond donors (Lipinski definition) is 2. The van der Waals surface area contributed by atoms with Crippen molar-refractivity contribution in [1.29, 1.82) is 0 Å². The molecule has 4 atom stereocenters. The van der Waals surface area contributed by atoms with Crippen molar-refractivity contribution in [2.75, 3.05) is 26.2 Å². The van der Waals surface area contributed by atoms with Crippen molar-refractivity contribution in [3.63, 3.8) is 0 Å². The van der Waals surface area contributed by atoms with E-state index in [-0.39, 0.29) is 24.5 Å². The molecule has 1 saturated carbocycles. The minimum absolute atomic E-state index is 0.118. The fraction of sp³-hybridized carbons (Fsp3) is 0.929. The molecule has 0 bridgehead atoms. The van der Waals surface area contributed by atoms with Crippen molar-refractivity contribution in [2.45, 2.75) is 32.7 Å². The van der Waals surface area contributed by atoms with Crippen LogP contribution in [-0.2, 0) is 4.79 Å². The summed E-state index contributed by atoms with van der Waals surface area (Å²) in [5, 5.41) is 12.5. The van der Waals surface area contributed by atoms with Crippen molar-refractivity contribution in [1.82, 2.24) is 10.2 Å². The fourth-order valence-electron chi connectivity index (χ4n) is 4.00. The van der Waals surface area contributed by atoms with Crippen molar-refractivity contribution in [2.24, 2.45) is 23.2 Å². The summed E-state index contributed by atoms with van der Waals surface area (Å²) in [5.41, 5.74) is 0.515. The molecular formula is C14H24N2O2. The first-order chi connectivity index (χ1) is 8.54. The molecule has 0 aromatic rings. The van der Waals surface area contributed by atoms with Crippen LogP contribution in [0.5, 0.6) is 0 Å². The van der Waals surface area contributed by atoms with Gasteiger partial charge in [0, 0.05) is 31.6 Å². The van der Waals surface area contributed by atoms with Gasteiger partial charge in [0.2, 0.25) is 5.91 Å². The van der Waals surface area contributed by atoms with Gasteiger partial charge in [0.25, 0.3) is 0 Å². The van der Waals surface area contributed by atoms with Gasteiger partial charge in [0.15, 0.2) is 0 Å². The molecule has 102 valence electrons. The Balaban J connectivity index is 1.56. The van der Waals surface area contributed by atoms with Crippen LogP contribution in [-0.4, -0.2) is 48.2 Å². The largest absolute Gasteiger partial charge is 0.395 e. The van der Waals surface area contributed by atoms with E-state index in [2.05, 4.69) is 24.1 Å². The molecule has 3 rings (SSSR count). The Kier molecular flexibility index (Phi) is 2.90. The highest BCUT2D eigenvalue weighted by atomic mass is 16.3. The van der Waals surface area contributed by atoms with Crippen molar-refractivity contribution in [3.05, 3.63) is 0 Å². The van der Waals surface area contributed by atoms with Gasteiger partial charge in [0.05, 0.1) is 6.61 Å². The van der Waals surface area contributed by atoms with Gasteiger partial charge in [0.1, 0.15) is 0 Å². The number of fused-ring (bicyclic) bond motifs is 1. The second-order valence-electron chi connectivity index (χ2n) is 6.84. The van der Waals surface area contributed by atoms with Crippen LogP contribution in [0.15, 0.2) is 0 Å². The van der Waals surface area contributed by atoms with Crippen LogP contribution in [0.25, 0.3) is 0 Å². The lowest BCUT2D eigenvalue weighted by Gasteiger charge is -2.30. The van der Waals surface area contributed by atoms with Crippen LogP contribution < -0.4 is 5.32 Å². The van der Waals surface area contributed by atoms with E-state index < -0.39 is 0 Å². The second-order valence-corrected chi connectivity index (χ2v) is 6.84. The molecule has 2 saturated heterocycles. The summed E-state index contributed by atoms with van der Waals surface area (Å²) in [5.74, 6) is 1.91.